The summed E-state index contributed by atoms with van der Waals surface area (Å²) >= 11 is 0. The first kappa shape index (κ1) is 16.2. The quantitative estimate of drug-likeness (QED) is 0.835. The van der Waals surface area contributed by atoms with Crippen molar-refractivity contribution in [2.24, 2.45) is 0 Å². The summed E-state index contributed by atoms with van der Waals surface area (Å²) in [6.07, 6.45) is 0.461. The van der Waals surface area contributed by atoms with E-state index in [1.165, 1.54) is 0 Å². The third-order valence-corrected chi connectivity index (χ3v) is 3.26. The molecular formula is C15H22N2O3. The van der Waals surface area contributed by atoms with Crippen molar-refractivity contribution in [3.05, 3.63) is 29.3 Å². The summed E-state index contributed by atoms with van der Waals surface area (Å²) < 4.78 is 0. The molecular weight excluding hydrogens is 256 g/mol. The molecule has 5 nitrogen and oxygen atoms in total. The van der Waals surface area contributed by atoms with Crippen LogP contribution in [-0.2, 0) is 9.59 Å². The number of carbonyl (C=O) groups excluding carboxylic acids is 1. The molecule has 1 unspecified atom stereocenters. The van der Waals surface area contributed by atoms with Gasteiger partial charge in [0, 0.05) is 5.69 Å². The summed E-state index contributed by atoms with van der Waals surface area (Å²) in [4.78, 5) is 24.6. The van der Waals surface area contributed by atoms with E-state index in [0.717, 1.165) is 16.8 Å². The molecule has 1 atom stereocenters. The molecule has 0 aromatic heterocycles. The topological polar surface area (TPSA) is 69.6 Å². The largest absolute Gasteiger partial charge is 0.480 e. The van der Waals surface area contributed by atoms with Crippen LogP contribution in [0.2, 0.25) is 0 Å². The average molecular weight is 278 g/mol. The van der Waals surface area contributed by atoms with E-state index in [-0.39, 0.29) is 12.5 Å². The van der Waals surface area contributed by atoms with Gasteiger partial charge in [0.15, 0.2) is 0 Å². The Bertz CT molecular complexity index is 500. The Labute approximate surface area is 119 Å². The van der Waals surface area contributed by atoms with Crippen LogP contribution in [0, 0.1) is 13.8 Å². The normalized spacial score (nSPS) is 12.2. The monoisotopic (exact) mass is 278 g/mol. The van der Waals surface area contributed by atoms with E-state index in [1.807, 2.05) is 32.0 Å². The van der Waals surface area contributed by atoms with Crippen molar-refractivity contribution in [2.75, 3.05) is 18.9 Å². The average Bonchev–Trinajstić information content (AvgIpc) is 2.34. The molecule has 0 aliphatic heterocycles. The predicted octanol–water partition coefficient (Wildman–Crippen LogP) is 2.04. The number of hydrogen-bond donors (Lipinski definition) is 2. The predicted molar refractivity (Wildman–Crippen MR) is 78.9 cm³/mol. The SMILES string of the molecule is CCC(C(=O)O)N(C)CC(=O)Nc1cc(C)ccc1C. The number of carboxylic acid groups (broad SMARTS) is 1. The summed E-state index contributed by atoms with van der Waals surface area (Å²) in [5, 5.41) is 11.9. The van der Waals surface area contributed by atoms with E-state index in [4.69, 9.17) is 5.11 Å². The summed E-state index contributed by atoms with van der Waals surface area (Å²) in [6, 6.07) is 5.19. The van der Waals surface area contributed by atoms with Crippen molar-refractivity contribution < 1.29 is 14.7 Å². The minimum Gasteiger partial charge on any atom is -0.480 e. The van der Waals surface area contributed by atoms with Gasteiger partial charge in [0.25, 0.3) is 0 Å². The Morgan fingerprint density at radius 3 is 2.55 bits per heavy atom. The molecule has 0 bridgehead atoms. The molecule has 0 aliphatic carbocycles. The van der Waals surface area contributed by atoms with Gasteiger partial charge >= 0.3 is 5.97 Å². The molecule has 0 saturated heterocycles. The maximum Gasteiger partial charge on any atom is 0.320 e. The van der Waals surface area contributed by atoms with E-state index in [1.54, 1.807) is 18.9 Å². The van der Waals surface area contributed by atoms with Gasteiger partial charge in [-0.2, -0.15) is 0 Å². The van der Waals surface area contributed by atoms with Crippen LogP contribution in [0.1, 0.15) is 24.5 Å². The number of hydrogen-bond acceptors (Lipinski definition) is 3. The standard InChI is InChI=1S/C15H22N2O3/c1-5-13(15(19)20)17(4)9-14(18)16-12-8-10(2)6-7-11(12)3/h6-8,13H,5,9H2,1-4H3,(H,16,18)(H,19,20). The van der Waals surface area contributed by atoms with Crippen LogP contribution in [0.5, 0.6) is 0 Å². The highest BCUT2D eigenvalue weighted by Crippen LogP contribution is 2.16. The number of carboxylic acids is 1. The minimum atomic E-state index is -0.908. The highest BCUT2D eigenvalue weighted by atomic mass is 16.4. The van der Waals surface area contributed by atoms with Crippen molar-refractivity contribution in [3.8, 4) is 0 Å². The molecule has 1 amide bonds. The van der Waals surface area contributed by atoms with Crippen molar-refractivity contribution in [2.45, 2.75) is 33.2 Å². The molecule has 5 heteroatoms. The summed E-state index contributed by atoms with van der Waals surface area (Å²) in [7, 11) is 1.64. The third kappa shape index (κ3) is 4.35. The van der Waals surface area contributed by atoms with Gasteiger partial charge < -0.3 is 10.4 Å². The second-order valence-electron chi connectivity index (χ2n) is 5.04. The molecule has 0 spiro atoms. The number of rotatable bonds is 6. The number of aryl methyl sites for hydroxylation is 2. The van der Waals surface area contributed by atoms with Crippen LogP contribution in [0.4, 0.5) is 5.69 Å². The fraction of sp³-hybridized carbons (Fsp3) is 0.467. The van der Waals surface area contributed by atoms with E-state index in [9.17, 15) is 9.59 Å². The first-order chi connectivity index (χ1) is 9.35. The molecule has 0 aliphatic rings. The van der Waals surface area contributed by atoms with Crippen molar-refractivity contribution in [1.29, 1.82) is 0 Å². The zero-order valence-corrected chi connectivity index (χ0v) is 12.4. The van der Waals surface area contributed by atoms with Gasteiger partial charge in [-0.3, -0.25) is 14.5 Å². The lowest BCUT2D eigenvalue weighted by Gasteiger charge is -2.23. The number of anilines is 1. The van der Waals surface area contributed by atoms with Gasteiger partial charge in [-0.05, 0) is 44.5 Å². The second-order valence-corrected chi connectivity index (χ2v) is 5.04. The summed E-state index contributed by atoms with van der Waals surface area (Å²) in [5.41, 5.74) is 2.82. The van der Waals surface area contributed by atoms with Gasteiger partial charge in [0.2, 0.25) is 5.91 Å². The molecule has 1 aromatic carbocycles. The lowest BCUT2D eigenvalue weighted by molar-refractivity contribution is -0.143. The van der Waals surface area contributed by atoms with Crippen LogP contribution < -0.4 is 5.32 Å². The van der Waals surface area contributed by atoms with Gasteiger partial charge in [-0.15, -0.1) is 0 Å². The van der Waals surface area contributed by atoms with E-state index >= 15 is 0 Å². The number of aliphatic carboxylic acids is 1. The van der Waals surface area contributed by atoms with Crippen LogP contribution in [-0.4, -0.2) is 41.5 Å². The first-order valence-corrected chi connectivity index (χ1v) is 6.65. The highest BCUT2D eigenvalue weighted by Gasteiger charge is 2.22. The molecule has 0 fully saturated rings. The molecule has 0 saturated carbocycles. The van der Waals surface area contributed by atoms with E-state index in [2.05, 4.69) is 5.32 Å². The third-order valence-electron chi connectivity index (χ3n) is 3.26. The lowest BCUT2D eigenvalue weighted by Crippen LogP contribution is -2.42. The van der Waals surface area contributed by atoms with Crippen molar-refractivity contribution >= 4 is 17.6 Å². The molecule has 1 aromatic rings. The first-order valence-electron chi connectivity index (χ1n) is 6.65. The molecule has 0 radical (unpaired) electrons. The van der Waals surface area contributed by atoms with Gasteiger partial charge in [0.1, 0.15) is 6.04 Å². The zero-order chi connectivity index (χ0) is 15.3. The maximum atomic E-state index is 12.0. The number of likely N-dealkylation sites (N-methyl/N-ethyl adjacent to an activating group) is 1. The highest BCUT2D eigenvalue weighted by molar-refractivity contribution is 5.93. The Hall–Kier alpha value is -1.88. The molecule has 110 valence electrons. The van der Waals surface area contributed by atoms with Crippen LogP contribution in [0.3, 0.4) is 0 Å². The number of nitrogens with one attached hydrogen (secondary N) is 1. The van der Waals surface area contributed by atoms with Crippen molar-refractivity contribution in [1.82, 2.24) is 4.90 Å². The van der Waals surface area contributed by atoms with Crippen molar-refractivity contribution in [3.63, 3.8) is 0 Å². The van der Waals surface area contributed by atoms with Crippen LogP contribution in [0.25, 0.3) is 0 Å². The van der Waals surface area contributed by atoms with Crippen LogP contribution in [0.15, 0.2) is 18.2 Å². The minimum absolute atomic E-state index is 0.0538. The van der Waals surface area contributed by atoms with Crippen LogP contribution >= 0.6 is 0 Å². The molecule has 0 heterocycles. The number of nitrogens with zero attached hydrogens (tertiary/aromatic N) is 1. The maximum absolute atomic E-state index is 12.0. The van der Waals surface area contributed by atoms with Gasteiger partial charge in [-0.25, -0.2) is 0 Å². The Balaban J connectivity index is 2.68. The summed E-state index contributed by atoms with van der Waals surface area (Å²) in [6.45, 7) is 5.72. The molecule has 1 rings (SSSR count). The Kier molecular flexibility index (Phi) is 5.70. The smallest absolute Gasteiger partial charge is 0.320 e. The lowest BCUT2D eigenvalue weighted by atomic mass is 10.1. The van der Waals surface area contributed by atoms with Gasteiger partial charge in [-0.1, -0.05) is 19.1 Å². The summed E-state index contributed by atoms with van der Waals surface area (Å²) in [5.74, 6) is -1.12. The zero-order valence-electron chi connectivity index (χ0n) is 12.4. The number of benzene rings is 1. The van der Waals surface area contributed by atoms with E-state index in [0.29, 0.717) is 6.42 Å². The number of amides is 1. The number of carbonyl (C=O) groups is 2. The van der Waals surface area contributed by atoms with E-state index < -0.39 is 12.0 Å². The molecule has 2 N–H and O–H groups in total. The Morgan fingerprint density at radius 2 is 2.00 bits per heavy atom. The second kappa shape index (κ2) is 7.05. The Morgan fingerprint density at radius 1 is 1.35 bits per heavy atom. The molecule has 20 heavy (non-hydrogen) atoms. The fourth-order valence-corrected chi connectivity index (χ4v) is 2.07. The van der Waals surface area contributed by atoms with Gasteiger partial charge in [0.05, 0.1) is 6.54 Å². The fourth-order valence-electron chi connectivity index (χ4n) is 2.07.